The van der Waals surface area contributed by atoms with Gasteiger partial charge in [0.1, 0.15) is 5.54 Å². The predicted octanol–water partition coefficient (Wildman–Crippen LogP) is 5.54. The molecule has 1 heterocycles. The predicted molar refractivity (Wildman–Crippen MR) is 116 cm³/mol. The maximum Gasteiger partial charge on any atom is 0.416 e. The third-order valence-electron chi connectivity index (χ3n) is 5.68. The summed E-state index contributed by atoms with van der Waals surface area (Å²) in [6, 6.07) is 13.9. The van der Waals surface area contributed by atoms with E-state index in [1.807, 2.05) is 6.92 Å². The fraction of sp³-hybridized carbons (Fsp3) is 0.240. The number of hydrogen-bond donors (Lipinski definition) is 1. The Bertz CT molecular complexity index is 1260. The van der Waals surface area contributed by atoms with Crippen LogP contribution in [0.15, 0.2) is 54.7 Å². The van der Waals surface area contributed by atoms with Crippen LogP contribution in [0.5, 0.6) is 5.88 Å². The highest BCUT2D eigenvalue weighted by Crippen LogP contribution is 2.37. The second-order valence-electron chi connectivity index (χ2n) is 8.03. The van der Waals surface area contributed by atoms with Gasteiger partial charge >= 0.3 is 6.18 Å². The van der Waals surface area contributed by atoms with Gasteiger partial charge in [-0.15, -0.1) is 0 Å². The van der Waals surface area contributed by atoms with Gasteiger partial charge in [-0.3, -0.25) is 4.79 Å². The first kappa shape index (κ1) is 22.3. The van der Waals surface area contributed by atoms with Crippen LogP contribution in [-0.4, -0.2) is 23.5 Å². The zero-order valence-electron chi connectivity index (χ0n) is 18.0. The number of aromatic nitrogens is 1. The molecule has 2 aromatic carbocycles. The van der Waals surface area contributed by atoms with Gasteiger partial charge in [0.25, 0.3) is 5.91 Å². The summed E-state index contributed by atoms with van der Waals surface area (Å²) in [5.74, 6) is -0.0135. The summed E-state index contributed by atoms with van der Waals surface area (Å²) in [5, 5.41) is 12.0. The lowest BCUT2D eigenvalue weighted by molar-refractivity contribution is -0.137. The van der Waals surface area contributed by atoms with Crippen LogP contribution in [-0.2, 0) is 6.18 Å². The van der Waals surface area contributed by atoms with E-state index in [2.05, 4.69) is 16.4 Å². The van der Waals surface area contributed by atoms with E-state index in [0.29, 0.717) is 35.4 Å². The van der Waals surface area contributed by atoms with E-state index in [4.69, 9.17) is 4.74 Å². The van der Waals surface area contributed by atoms with Crippen LogP contribution in [0.3, 0.4) is 0 Å². The molecule has 1 fully saturated rings. The fourth-order valence-electron chi connectivity index (χ4n) is 3.62. The molecule has 0 atom stereocenters. The van der Waals surface area contributed by atoms with Crippen molar-refractivity contribution in [2.24, 2.45) is 0 Å². The van der Waals surface area contributed by atoms with Gasteiger partial charge in [0.2, 0.25) is 5.88 Å². The molecule has 1 amide bonds. The molecule has 0 radical (unpaired) electrons. The van der Waals surface area contributed by atoms with Gasteiger partial charge < -0.3 is 10.1 Å². The molecule has 33 heavy (non-hydrogen) atoms. The third kappa shape index (κ3) is 4.53. The Hall–Kier alpha value is -3.86. The molecular formula is C25H20F3N3O2. The Labute approximate surface area is 188 Å². The number of pyridine rings is 1. The summed E-state index contributed by atoms with van der Waals surface area (Å²) in [6.07, 6.45) is -1.50. The number of carbonyl (C=O) groups excluding carboxylic acids is 1. The molecule has 1 saturated carbocycles. The number of rotatable bonds is 5. The Kier molecular flexibility index (Phi) is 5.58. The SMILES string of the molecule is COc1ncc(-c2ccc(C(=O)NC3(C#N)CC3)cc2C)cc1-c1ccc(C(F)(F)F)cc1. The van der Waals surface area contributed by atoms with Gasteiger partial charge in [-0.1, -0.05) is 18.2 Å². The number of aryl methyl sites for hydroxylation is 1. The molecular weight excluding hydrogens is 431 g/mol. The summed E-state index contributed by atoms with van der Waals surface area (Å²) in [4.78, 5) is 16.8. The minimum atomic E-state index is -4.42. The number of halogens is 3. The molecule has 4 rings (SSSR count). The normalized spacial score (nSPS) is 14.3. The molecule has 0 bridgehead atoms. The number of nitriles is 1. The highest BCUT2D eigenvalue weighted by Gasteiger charge is 2.44. The summed E-state index contributed by atoms with van der Waals surface area (Å²) >= 11 is 0. The van der Waals surface area contributed by atoms with Gasteiger partial charge in [0, 0.05) is 22.9 Å². The first-order valence-corrected chi connectivity index (χ1v) is 10.2. The smallest absolute Gasteiger partial charge is 0.416 e. The van der Waals surface area contributed by atoms with Crippen molar-refractivity contribution >= 4 is 5.91 Å². The molecule has 168 valence electrons. The number of carbonyl (C=O) groups is 1. The van der Waals surface area contributed by atoms with Crippen LogP contribution >= 0.6 is 0 Å². The van der Waals surface area contributed by atoms with Gasteiger partial charge in [-0.2, -0.15) is 18.4 Å². The largest absolute Gasteiger partial charge is 0.481 e. The van der Waals surface area contributed by atoms with Crippen molar-refractivity contribution in [1.29, 1.82) is 5.26 Å². The van der Waals surface area contributed by atoms with Crippen LogP contribution in [0.25, 0.3) is 22.3 Å². The monoisotopic (exact) mass is 451 g/mol. The van der Waals surface area contributed by atoms with E-state index >= 15 is 0 Å². The first-order chi connectivity index (χ1) is 15.7. The molecule has 1 aliphatic carbocycles. The number of methoxy groups -OCH3 is 1. The van der Waals surface area contributed by atoms with Gasteiger partial charge in [0.15, 0.2) is 0 Å². The number of benzene rings is 2. The number of ether oxygens (including phenoxy) is 1. The summed E-state index contributed by atoms with van der Waals surface area (Å²) in [7, 11) is 1.45. The van der Waals surface area contributed by atoms with Crippen molar-refractivity contribution in [1.82, 2.24) is 10.3 Å². The average Bonchev–Trinajstić information content (AvgIpc) is 3.58. The number of nitrogens with zero attached hydrogens (tertiary/aromatic N) is 2. The molecule has 0 saturated heterocycles. The molecule has 1 aromatic heterocycles. The van der Waals surface area contributed by atoms with E-state index in [1.165, 1.54) is 19.2 Å². The minimum absolute atomic E-state index is 0.290. The maximum atomic E-state index is 12.9. The Morgan fingerprint density at radius 2 is 1.79 bits per heavy atom. The van der Waals surface area contributed by atoms with Crippen molar-refractivity contribution in [2.45, 2.75) is 31.5 Å². The zero-order chi connectivity index (χ0) is 23.8. The number of alkyl halides is 3. The van der Waals surface area contributed by atoms with Crippen LogP contribution in [0, 0.1) is 18.3 Å². The van der Waals surface area contributed by atoms with Crippen LogP contribution in [0.1, 0.15) is 34.3 Å². The van der Waals surface area contributed by atoms with Crippen LogP contribution < -0.4 is 10.1 Å². The van der Waals surface area contributed by atoms with E-state index in [0.717, 1.165) is 28.8 Å². The average molecular weight is 451 g/mol. The molecule has 1 aliphatic rings. The molecule has 3 aromatic rings. The second kappa shape index (κ2) is 8.24. The number of nitrogens with one attached hydrogen (secondary N) is 1. The Balaban J connectivity index is 1.66. The molecule has 5 nitrogen and oxygen atoms in total. The number of amides is 1. The van der Waals surface area contributed by atoms with Crippen molar-refractivity contribution in [2.75, 3.05) is 7.11 Å². The highest BCUT2D eigenvalue weighted by molar-refractivity contribution is 5.96. The Morgan fingerprint density at radius 1 is 1.09 bits per heavy atom. The lowest BCUT2D eigenvalue weighted by atomic mass is 9.96. The lowest BCUT2D eigenvalue weighted by Gasteiger charge is -2.14. The Morgan fingerprint density at radius 3 is 2.33 bits per heavy atom. The van der Waals surface area contributed by atoms with Crippen LogP contribution in [0.4, 0.5) is 13.2 Å². The fourth-order valence-corrected chi connectivity index (χ4v) is 3.62. The molecule has 0 aliphatic heterocycles. The standard InChI is InChI=1S/C25H20F3N3O2/c1-15-11-17(22(32)31-24(14-29)9-10-24)5-8-20(15)18-12-21(23(33-2)30-13-18)16-3-6-19(7-4-16)25(26,27)28/h3-8,11-13H,9-10H2,1-2H3,(H,31,32). The minimum Gasteiger partial charge on any atom is -0.481 e. The van der Waals surface area contributed by atoms with Gasteiger partial charge in [-0.25, -0.2) is 4.98 Å². The van der Waals surface area contributed by atoms with Crippen LogP contribution in [0.2, 0.25) is 0 Å². The van der Waals surface area contributed by atoms with E-state index in [-0.39, 0.29) is 5.91 Å². The second-order valence-corrected chi connectivity index (χ2v) is 8.03. The van der Waals surface area contributed by atoms with Crippen molar-refractivity contribution < 1.29 is 22.7 Å². The molecule has 0 spiro atoms. The molecule has 1 N–H and O–H groups in total. The summed E-state index contributed by atoms with van der Waals surface area (Å²) in [6.45, 7) is 1.85. The molecule has 0 unspecified atom stereocenters. The van der Waals surface area contributed by atoms with Crippen molar-refractivity contribution in [3.63, 3.8) is 0 Å². The van der Waals surface area contributed by atoms with Crippen molar-refractivity contribution in [3.05, 3.63) is 71.4 Å². The highest BCUT2D eigenvalue weighted by atomic mass is 19.4. The van der Waals surface area contributed by atoms with E-state index in [1.54, 1.807) is 30.5 Å². The van der Waals surface area contributed by atoms with E-state index in [9.17, 15) is 23.2 Å². The first-order valence-electron chi connectivity index (χ1n) is 10.2. The lowest BCUT2D eigenvalue weighted by Crippen LogP contribution is -2.35. The van der Waals surface area contributed by atoms with Crippen molar-refractivity contribution in [3.8, 4) is 34.2 Å². The third-order valence-corrected chi connectivity index (χ3v) is 5.68. The topological polar surface area (TPSA) is 75.0 Å². The zero-order valence-corrected chi connectivity index (χ0v) is 18.0. The quantitative estimate of drug-likeness (QED) is 0.553. The summed E-state index contributed by atoms with van der Waals surface area (Å²) < 4.78 is 44.1. The van der Waals surface area contributed by atoms with Gasteiger partial charge in [-0.05, 0) is 66.8 Å². The number of hydrogen-bond acceptors (Lipinski definition) is 4. The maximum absolute atomic E-state index is 12.9. The van der Waals surface area contributed by atoms with Gasteiger partial charge in [0.05, 0.1) is 18.7 Å². The molecule has 8 heteroatoms. The van der Waals surface area contributed by atoms with E-state index < -0.39 is 17.3 Å². The summed E-state index contributed by atoms with van der Waals surface area (Å²) in [5.41, 5.74) is 2.41.